The molecule has 0 spiro atoms. The zero-order chi connectivity index (χ0) is 76.1. The predicted molar refractivity (Wildman–Crippen MR) is 463 cm³/mol. The molecule has 12 heteroatoms. The molecule has 9 heterocycles. The summed E-state index contributed by atoms with van der Waals surface area (Å²) in [6, 6.07) is 112. The molecule has 0 aliphatic rings. The third-order valence-corrected chi connectivity index (χ3v) is 20.0. The molecule has 0 saturated carbocycles. The van der Waals surface area contributed by atoms with Crippen LogP contribution in [0, 0.1) is 55.4 Å². The zero-order valence-electron chi connectivity index (χ0n) is 63.4. The fraction of sp³-hybridized carbons (Fsp3) is 0.0918. The summed E-state index contributed by atoms with van der Waals surface area (Å²) in [6.45, 7) is 16.2. The fourth-order valence-corrected chi connectivity index (χ4v) is 14.5. The first-order valence-electron chi connectivity index (χ1n) is 36.7. The summed E-state index contributed by atoms with van der Waals surface area (Å²) in [4.78, 5) is 19.3. The van der Waals surface area contributed by atoms with E-state index in [2.05, 4.69) is 344 Å². The van der Waals surface area contributed by atoms with E-state index in [1.54, 1.807) is 37.1 Å². The molecule has 0 radical (unpaired) electrons. The molecule has 0 atom stereocenters. The molecule has 0 bridgehead atoms. The Balaban J connectivity index is 0.000000112. The quantitative estimate of drug-likeness (QED) is 0.168. The van der Waals surface area contributed by atoms with Crippen LogP contribution in [0.2, 0.25) is 0 Å². The summed E-state index contributed by atoms with van der Waals surface area (Å²) < 4.78 is 15.5. The van der Waals surface area contributed by atoms with Crippen LogP contribution in [-0.2, 0) is 7.05 Å². The monoisotopic (exact) mass is 1450 g/mol. The van der Waals surface area contributed by atoms with Gasteiger partial charge in [0, 0.05) is 135 Å². The van der Waals surface area contributed by atoms with Crippen LogP contribution in [0.3, 0.4) is 0 Å². The maximum Gasteiger partial charge on any atom is 0.138 e. The number of fused-ring (bicyclic) bond motifs is 15. The topological polar surface area (TPSA) is 118 Å². The first-order chi connectivity index (χ1) is 53.9. The van der Waals surface area contributed by atoms with Crippen LogP contribution in [0.5, 0.6) is 0 Å². The Kier molecular flexibility index (Phi) is 24.6. The average molecular weight is 1450 g/mol. The predicted octanol–water partition coefficient (Wildman–Crippen LogP) is 25.5. The van der Waals surface area contributed by atoms with Gasteiger partial charge < -0.3 is 18.1 Å². The second kappa shape index (κ2) is 36.2. The maximum atomic E-state index is 5.78. The third-order valence-electron chi connectivity index (χ3n) is 18.7. The van der Waals surface area contributed by atoms with E-state index >= 15 is 0 Å². The molecular weight excluding hydrogens is 1370 g/mol. The molecule has 0 aliphatic carbocycles. The lowest BCUT2D eigenvalue weighted by molar-refractivity contribution is 0.666. The lowest BCUT2D eigenvalue weighted by Gasteiger charge is -2.07. The molecule has 540 valence electrons. The van der Waals surface area contributed by atoms with Crippen molar-refractivity contribution in [1.29, 1.82) is 0 Å². The van der Waals surface area contributed by atoms with Gasteiger partial charge in [-0.2, -0.15) is 10.2 Å². The summed E-state index contributed by atoms with van der Waals surface area (Å²) in [5, 5.41) is 20.5. The smallest absolute Gasteiger partial charge is 0.138 e. The van der Waals surface area contributed by atoms with Crippen LogP contribution in [0.4, 0.5) is 0 Å². The number of para-hydroxylation sites is 8. The Morgan fingerprint density at radius 3 is 1.33 bits per heavy atom. The van der Waals surface area contributed by atoms with E-state index in [4.69, 9.17) is 4.42 Å². The number of nitrogens with zero attached hydrogens (tertiary/aromatic N) is 10. The summed E-state index contributed by atoms with van der Waals surface area (Å²) >= 11 is 1.89. The number of thiophene rings is 1. The lowest BCUT2D eigenvalue weighted by Crippen LogP contribution is -1.92. The van der Waals surface area contributed by atoms with Gasteiger partial charge in [-0.25, -0.2) is 19.9 Å². The van der Waals surface area contributed by atoms with Gasteiger partial charge in [0.05, 0.1) is 27.8 Å². The van der Waals surface area contributed by atoms with Gasteiger partial charge in [-0.15, -0.1) is 11.3 Å². The molecular formula is C98H86N10OS. The Labute approximate surface area is 645 Å². The fourth-order valence-electron chi connectivity index (χ4n) is 13.3. The van der Waals surface area contributed by atoms with Crippen LogP contribution in [-0.4, -0.2) is 48.8 Å². The Morgan fingerprint density at radius 2 is 0.782 bits per heavy atom. The largest absolute Gasteiger partial charge is 0.456 e. The van der Waals surface area contributed by atoms with Crippen molar-refractivity contribution >= 4 is 119 Å². The minimum absolute atomic E-state index is 0.822. The molecule has 0 unspecified atom stereocenters. The van der Waals surface area contributed by atoms with Gasteiger partial charge in [0.2, 0.25) is 0 Å². The minimum Gasteiger partial charge on any atom is -0.456 e. The molecule has 0 fully saturated rings. The minimum atomic E-state index is 0.822. The normalized spacial score (nSPS) is 10.6. The van der Waals surface area contributed by atoms with E-state index in [1.165, 1.54) is 136 Å². The number of furan rings is 1. The van der Waals surface area contributed by atoms with Crippen molar-refractivity contribution in [2.24, 2.45) is 7.05 Å². The molecule has 0 amide bonds. The SMILES string of the molecule is Cc1ccc2c(c1)c1ccccc1n2-c1ccccc1.Cc1ccc2c3ccccc3n(-c3ccccc3)c2c1.Cc1cccc2c1oc1ccccc12.Cc1cccc2c1sc1ccccc12.Cc1ccccn1.Cc1cccnn1.Cc1ccncn1.Cc1ncccn1.Cn1c2ccccc2c2ccccc21. The van der Waals surface area contributed by atoms with Crippen LogP contribution in [0.1, 0.15) is 45.2 Å². The number of benzene rings is 12. The molecule has 9 aromatic heterocycles. The van der Waals surface area contributed by atoms with Crippen molar-refractivity contribution in [3.05, 3.63) is 404 Å². The highest BCUT2D eigenvalue weighted by atomic mass is 32.1. The summed E-state index contributed by atoms with van der Waals surface area (Å²) in [5.74, 6) is 0.822. The van der Waals surface area contributed by atoms with Gasteiger partial charge in [-0.05, 0) is 187 Å². The average Bonchev–Trinajstić information content (AvgIpc) is 1.34. The lowest BCUT2D eigenvalue weighted by atomic mass is 10.1. The number of aromatic nitrogens is 10. The Morgan fingerprint density at radius 1 is 0.300 bits per heavy atom. The van der Waals surface area contributed by atoms with Crippen LogP contribution in [0.25, 0.3) is 119 Å². The first kappa shape index (κ1) is 74.7. The van der Waals surface area contributed by atoms with Crippen LogP contribution >= 0.6 is 11.3 Å². The third kappa shape index (κ3) is 17.9. The number of hydrogen-bond acceptors (Lipinski definition) is 9. The first-order valence-corrected chi connectivity index (χ1v) is 37.5. The summed E-state index contributed by atoms with van der Waals surface area (Å²) in [5.41, 5.74) is 20.3. The van der Waals surface area contributed by atoms with E-state index in [1.807, 2.05) is 93.6 Å². The van der Waals surface area contributed by atoms with Crippen LogP contribution < -0.4 is 0 Å². The second-order valence-electron chi connectivity index (χ2n) is 26.6. The van der Waals surface area contributed by atoms with Crippen LogP contribution in [0.15, 0.2) is 363 Å². The second-order valence-corrected chi connectivity index (χ2v) is 27.6. The highest BCUT2D eigenvalue weighted by molar-refractivity contribution is 7.26. The molecule has 21 aromatic rings. The zero-order valence-corrected chi connectivity index (χ0v) is 64.2. The van der Waals surface area contributed by atoms with Gasteiger partial charge in [-0.1, -0.05) is 212 Å². The van der Waals surface area contributed by atoms with E-state index in [0.29, 0.717) is 0 Å². The molecule has 0 aliphatic heterocycles. The molecule has 110 heavy (non-hydrogen) atoms. The molecule has 21 rings (SSSR count). The molecule has 11 nitrogen and oxygen atoms in total. The molecule has 0 saturated heterocycles. The van der Waals surface area contributed by atoms with E-state index in [0.717, 1.165) is 34.1 Å². The Hall–Kier alpha value is -13.6. The van der Waals surface area contributed by atoms with Gasteiger partial charge >= 0.3 is 0 Å². The maximum absolute atomic E-state index is 5.78. The number of rotatable bonds is 2. The standard InChI is InChI=1S/2C19H15N.C13H11N.C13H10O.C13H10S.C6H7N.3C5H6N2/c1-14-11-12-19-17(13-14)16-9-5-6-10-18(16)20(19)15-7-3-2-4-8-15;1-14-11-12-17-16-9-5-6-10-18(16)20(19(17)13-14)15-7-3-2-4-8-15;1-14-12-8-4-2-6-10(12)11-7-3-5-9-13(11)14;2*1-9-5-4-7-11-10-6-2-3-8-12(10)14-13(9)11;1-6-4-2-3-5-7-6;1-5-2-3-6-4-7-5;1-5-6-3-2-4-7-5;1-5-3-2-4-6-7-5/h2*2-13H,1H3;2-9H,1H3;2*2-8H,1H3;2-5H,1H3;3*2-4H,1H3. The van der Waals surface area contributed by atoms with Crippen molar-refractivity contribution in [3.8, 4) is 11.4 Å². The molecule has 0 N–H and O–H groups in total. The van der Waals surface area contributed by atoms with Gasteiger partial charge in [0.15, 0.2) is 0 Å². The van der Waals surface area contributed by atoms with Gasteiger partial charge in [0.25, 0.3) is 0 Å². The summed E-state index contributed by atoms with van der Waals surface area (Å²) in [6.07, 6.45) is 10.2. The molecule has 12 aromatic carbocycles. The van der Waals surface area contributed by atoms with Crippen molar-refractivity contribution in [2.75, 3.05) is 0 Å². The number of pyridine rings is 1. The van der Waals surface area contributed by atoms with E-state index in [9.17, 15) is 0 Å². The van der Waals surface area contributed by atoms with Crippen molar-refractivity contribution < 1.29 is 4.42 Å². The van der Waals surface area contributed by atoms with Gasteiger partial charge in [-0.3, -0.25) is 4.98 Å². The van der Waals surface area contributed by atoms with Gasteiger partial charge in [0.1, 0.15) is 23.3 Å². The van der Waals surface area contributed by atoms with Crippen molar-refractivity contribution in [3.63, 3.8) is 0 Å². The number of aryl methyl sites for hydroxylation is 9. The van der Waals surface area contributed by atoms with E-state index < -0.39 is 0 Å². The van der Waals surface area contributed by atoms with E-state index in [-0.39, 0.29) is 0 Å². The summed E-state index contributed by atoms with van der Waals surface area (Å²) in [7, 11) is 2.12. The highest BCUT2D eigenvalue weighted by Crippen LogP contribution is 2.37. The van der Waals surface area contributed by atoms with Crippen molar-refractivity contribution in [1.82, 2.24) is 48.8 Å². The van der Waals surface area contributed by atoms with Crippen molar-refractivity contribution in [2.45, 2.75) is 55.4 Å². The number of hydrogen-bond donors (Lipinski definition) is 0. The Bertz CT molecular complexity index is 6180. The highest BCUT2D eigenvalue weighted by Gasteiger charge is 2.14.